The van der Waals surface area contributed by atoms with E-state index in [-0.39, 0.29) is 11.8 Å². The van der Waals surface area contributed by atoms with Crippen LogP contribution in [0.25, 0.3) is 0 Å². The fourth-order valence-corrected chi connectivity index (χ4v) is 2.30. The molecule has 0 saturated heterocycles. The van der Waals surface area contributed by atoms with Crippen molar-refractivity contribution in [2.75, 3.05) is 0 Å². The average molecular weight is 220 g/mol. The third-order valence-corrected chi connectivity index (χ3v) is 2.75. The van der Waals surface area contributed by atoms with Gasteiger partial charge in [0.15, 0.2) is 0 Å². The Hall–Kier alpha value is -0.330. The van der Waals surface area contributed by atoms with Gasteiger partial charge in [-0.2, -0.15) is 0 Å². The van der Waals surface area contributed by atoms with E-state index in [0.717, 1.165) is 0 Å². The van der Waals surface area contributed by atoms with Gasteiger partial charge in [0.25, 0.3) is 0 Å². The molecular weight excluding hydrogens is 203 g/mol. The van der Waals surface area contributed by atoms with Crippen LogP contribution in [0.4, 0.5) is 0 Å². The molecule has 0 spiro atoms. The van der Waals surface area contributed by atoms with Crippen LogP contribution in [0.2, 0.25) is 0 Å². The lowest BCUT2D eigenvalue weighted by Gasteiger charge is -2.35. The van der Waals surface area contributed by atoms with Gasteiger partial charge in [-0.3, -0.25) is 4.52 Å². The largest absolute Gasteiger partial charge is 0.471 e. The maximum atomic E-state index is 10.8. The number of rotatable bonds is 4. The molecule has 0 aromatic heterocycles. The van der Waals surface area contributed by atoms with Crippen LogP contribution in [0, 0.1) is 24.2 Å². The molecule has 0 aromatic carbocycles. The summed E-state index contributed by atoms with van der Waals surface area (Å²) in [6, 6.07) is 0. The Kier molecular flexibility index (Phi) is 4.35. The van der Waals surface area contributed by atoms with Gasteiger partial charge in [0.05, 0.1) is 0 Å². The van der Waals surface area contributed by atoms with Crippen molar-refractivity contribution < 1.29 is 18.9 Å². The average Bonchev–Trinajstić information content (AvgIpc) is 1.97. The summed E-state index contributed by atoms with van der Waals surface area (Å²) in [5, 5.41) is 0. The van der Waals surface area contributed by atoms with E-state index in [1.54, 1.807) is 27.7 Å². The number of hydrogen-bond donors (Lipinski definition) is 2. The summed E-state index contributed by atoms with van der Waals surface area (Å²) in [6.45, 7) is 7.09. The van der Waals surface area contributed by atoms with E-state index in [1.807, 2.05) is 0 Å². The van der Waals surface area contributed by atoms with Crippen LogP contribution >= 0.6 is 7.82 Å². The molecule has 0 heterocycles. The molecule has 0 radical (unpaired) electrons. The van der Waals surface area contributed by atoms with Crippen LogP contribution in [0.3, 0.4) is 0 Å². The molecule has 0 atom stereocenters. The first-order valence-electron chi connectivity index (χ1n) is 4.39. The van der Waals surface area contributed by atoms with Crippen LogP contribution in [0.5, 0.6) is 0 Å². The van der Waals surface area contributed by atoms with E-state index in [1.165, 1.54) is 0 Å². The van der Waals surface area contributed by atoms with Crippen LogP contribution < -0.4 is 0 Å². The van der Waals surface area contributed by atoms with E-state index in [4.69, 9.17) is 20.7 Å². The van der Waals surface area contributed by atoms with Crippen LogP contribution in [0.15, 0.2) is 0 Å². The van der Waals surface area contributed by atoms with E-state index in [9.17, 15) is 4.57 Å². The molecule has 0 aromatic rings. The molecule has 0 unspecified atom stereocenters. The second-order valence-electron chi connectivity index (χ2n) is 3.83. The van der Waals surface area contributed by atoms with Crippen LogP contribution in [-0.4, -0.2) is 15.4 Å². The SMILES string of the molecule is C#CC(OP(=O)(O)O)(C(C)C)C(C)C. The lowest BCUT2D eigenvalue weighted by Crippen LogP contribution is -2.41. The molecule has 0 aliphatic carbocycles. The van der Waals surface area contributed by atoms with Crippen LogP contribution in [-0.2, 0) is 9.09 Å². The second-order valence-corrected chi connectivity index (χ2v) is 4.99. The predicted octanol–water partition coefficient (Wildman–Crippen LogP) is 1.78. The highest BCUT2D eigenvalue weighted by atomic mass is 31.2. The lowest BCUT2D eigenvalue weighted by molar-refractivity contribution is 0.00726. The predicted molar refractivity (Wildman–Crippen MR) is 54.4 cm³/mol. The molecule has 4 nitrogen and oxygen atoms in total. The Morgan fingerprint density at radius 3 is 1.71 bits per heavy atom. The van der Waals surface area contributed by atoms with Gasteiger partial charge in [-0.1, -0.05) is 33.6 Å². The number of terminal acetylenes is 1. The molecule has 0 rings (SSSR count). The molecule has 0 aliphatic heterocycles. The summed E-state index contributed by atoms with van der Waals surface area (Å²) in [5.74, 6) is 2.02. The summed E-state index contributed by atoms with van der Waals surface area (Å²) >= 11 is 0. The van der Waals surface area contributed by atoms with Gasteiger partial charge >= 0.3 is 7.82 Å². The summed E-state index contributed by atoms with van der Waals surface area (Å²) in [7, 11) is -4.55. The van der Waals surface area contributed by atoms with E-state index in [2.05, 4.69) is 5.92 Å². The zero-order valence-electron chi connectivity index (χ0n) is 8.89. The highest BCUT2D eigenvalue weighted by Gasteiger charge is 2.42. The van der Waals surface area contributed by atoms with Gasteiger partial charge in [-0.05, 0) is 11.8 Å². The van der Waals surface area contributed by atoms with Crippen molar-refractivity contribution in [1.29, 1.82) is 0 Å². The normalized spacial score (nSPS) is 13.4. The molecule has 0 amide bonds. The third kappa shape index (κ3) is 3.11. The van der Waals surface area contributed by atoms with Crippen molar-refractivity contribution in [2.24, 2.45) is 11.8 Å². The van der Waals surface area contributed by atoms with Gasteiger partial charge in [0.2, 0.25) is 0 Å². The molecular formula is C9H17O4P. The van der Waals surface area contributed by atoms with E-state index >= 15 is 0 Å². The second kappa shape index (κ2) is 4.46. The fraction of sp³-hybridized carbons (Fsp3) is 0.778. The molecule has 5 heteroatoms. The standard InChI is InChI=1S/C9H17O4P/c1-6-9(7(2)3,8(4)5)13-14(10,11)12/h1,7-8H,2-5H3,(H2,10,11,12). The van der Waals surface area contributed by atoms with E-state index in [0.29, 0.717) is 0 Å². The maximum absolute atomic E-state index is 10.8. The zero-order chi connectivity index (χ0) is 11.6. The van der Waals surface area contributed by atoms with Gasteiger partial charge in [0.1, 0.15) is 5.60 Å². The molecule has 0 aliphatic rings. The van der Waals surface area contributed by atoms with Crippen molar-refractivity contribution in [1.82, 2.24) is 0 Å². The number of phosphoric ester groups is 1. The van der Waals surface area contributed by atoms with Crippen molar-refractivity contribution in [3.05, 3.63) is 0 Å². The van der Waals surface area contributed by atoms with Crippen molar-refractivity contribution >= 4 is 7.82 Å². The zero-order valence-corrected chi connectivity index (χ0v) is 9.78. The highest BCUT2D eigenvalue weighted by Crippen LogP contribution is 2.46. The smallest absolute Gasteiger partial charge is 0.303 e. The quantitative estimate of drug-likeness (QED) is 0.559. The fourth-order valence-electron chi connectivity index (χ4n) is 1.43. The minimum atomic E-state index is -4.55. The summed E-state index contributed by atoms with van der Waals surface area (Å²) < 4.78 is 15.5. The Morgan fingerprint density at radius 1 is 1.29 bits per heavy atom. The molecule has 82 valence electrons. The van der Waals surface area contributed by atoms with Crippen molar-refractivity contribution in [2.45, 2.75) is 33.3 Å². The Labute approximate surface area is 84.9 Å². The van der Waals surface area contributed by atoms with Gasteiger partial charge < -0.3 is 9.79 Å². The number of hydrogen-bond acceptors (Lipinski definition) is 2. The summed E-state index contributed by atoms with van der Waals surface area (Å²) in [4.78, 5) is 17.6. The first-order valence-corrected chi connectivity index (χ1v) is 5.92. The molecule has 0 fully saturated rings. The Bertz CT molecular complexity index is 263. The third-order valence-electron chi connectivity index (χ3n) is 2.21. The topological polar surface area (TPSA) is 66.8 Å². The lowest BCUT2D eigenvalue weighted by atomic mass is 9.81. The maximum Gasteiger partial charge on any atom is 0.471 e. The number of phosphoric acid groups is 1. The van der Waals surface area contributed by atoms with Crippen LogP contribution in [0.1, 0.15) is 27.7 Å². The summed E-state index contributed by atoms with van der Waals surface area (Å²) in [6.07, 6.45) is 5.30. The first-order chi connectivity index (χ1) is 6.15. The molecule has 2 N–H and O–H groups in total. The first kappa shape index (κ1) is 13.7. The Morgan fingerprint density at radius 2 is 1.64 bits per heavy atom. The summed E-state index contributed by atoms with van der Waals surface area (Å²) in [5.41, 5.74) is -1.21. The Balaban J connectivity index is 5.10. The van der Waals surface area contributed by atoms with E-state index < -0.39 is 13.4 Å². The van der Waals surface area contributed by atoms with Gasteiger partial charge in [0, 0.05) is 0 Å². The monoisotopic (exact) mass is 220 g/mol. The highest BCUT2D eigenvalue weighted by molar-refractivity contribution is 7.46. The van der Waals surface area contributed by atoms with Gasteiger partial charge in [-0.25, -0.2) is 4.57 Å². The minimum absolute atomic E-state index is 0.167. The minimum Gasteiger partial charge on any atom is -0.303 e. The van der Waals surface area contributed by atoms with Crippen molar-refractivity contribution in [3.63, 3.8) is 0 Å². The molecule has 14 heavy (non-hydrogen) atoms. The van der Waals surface area contributed by atoms with Crippen molar-refractivity contribution in [3.8, 4) is 12.3 Å². The molecule has 0 bridgehead atoms. The molecule has 0 saturated carbocycles. The van der Waals surface area contributed by atoms with Gasteiger partial charge in [-0.15, -0.1) is 6.42 Å².